The summed E-state index contributed by atoms with van der Waals surface area (Å²) in [5.41, 5.74) is 0. The summed E-state index contributed by atoms with van der Waals surface area (Å²) in [4.78, 5) is 0. The normalized spacial score (nSPS) is 33.0. The molecule has 10 heavy (non-hydrogen) atoms. The second-order valence-corrected chi connectivity index (χ2v) is 2.74. The molecule has 1 N–H and O–H groups in total. The van der Waals surface area contributed by atoms with Crippen molar-refractivity contribution in [3.8, 4) is 0 Å². The van der Waals surface area contributed by atoms with E-state index in [1.165, 1.54) is 0 Å². The van der Waals surface area contributed by atoms with E-state index >= 15 is 0 Å². The molecule has 2 nitrogen and oxygen atoms in total. The van der Waals surface area contributed by atoms with Crippen LogP contribution in [0.3, 0.4) is 0 Å². The topological polar surface area (TPSA) is 21.3 Å². The fourth-order valence-electron chi connectivity index (χ4n) is 1.31. The van der Waals surface area contributed by atoms with Crippen LogP contribution in [0.5, 0.6) is 0 Å². The van der Waals surface area contributed by atoms with E-state index in [9.17, 15) is 0 Å². The first-order valence-electron chi connectivity index (χ1n) is 3.59. The van der Waals surface area contributed by atoms with Gasteiger partial charge in [-0.3, -0.25) is 0 Å². The SMILES string of the molecule is CNC1CCOCC1C.Cl. The highest BCUT2D eigenvalue weighted by molar-refractivity contribution is 5.85. The third kappa shape index (κ3) is 2.45. The van der Waals surface area contributed by atoms with Crippen LogP contribution in [0.15, 0.2) is 0 Å². The lowest BCUT2D eigenvalue weighted by molar-refractivity contribution is 0.0412. The quantitative estimate of drug-likeness (QED) is 0.628. The van der Waals surface area contributed by atoms with Crippen LogP contribution < -0.4 is 5.32 Å². The molecule has 1 aliphatic heterocycles. The minimum Gasteiger partial charge on any atom is -0.381 e. The highest BCUT2D eigenvalue weighted by Crippen LogP contribution is 2.12. The number of hydrogen-bond acceptors (Lipinski definition) is 2. The van der Waals surface area contributed by atoms with Gasteiger partial charge in [0.15, 0.2) is 0 Å². The molecule has 0 aliphatic carbocycles. The predicted octanol–water partition coefficient (Wildman–Crippen LogP) is 1.05. The average molecular weight is 166 g/mol. The molecule has 62 valence electrons. The largest absolute Gasteiger partial charge is 0.381 e. The van der Waals surface area contributed by atoms with E-state index in [4.69, 9.17) is 4.74 Å². The molecule has 0 radical (unpaired) electrons. The molecule has 1 heterocycles. The number of halogens is 1. The van der Waals surface area contributed by atoms with Gasteiger partial charge in [0.25, 0.3) is 0 Å². The Morgan fingerprint density at radius 1 is 1.50 bits per heavy atom. The third-order valence-electron chi connectivity index (χ3n) is 2.01. The summed E-state index contributed by atoms with van der Waals surface area (Å²) in [6, 6.07) is 0.679. The number of ether oxygens (including phenoxy) is 1. The Kier molecular flexibility index (Phi) is 5.04. The van der Waals surface area contributed by atoms with Gasteiger partial charge in [0.2, 0.25) is 0 Å². The molecule has 3 heteroatoms. The molecule has 1 rings (SSSR count). The second-order valence-electron chi connectivity index (χ2n) is 2.74. The van der Waals surface area contributed by atoms with E-state index in [-0.39, 0.29) is 12.4 Å². The number of rotatable bonds is 1. The van der Waals surface area contributed by atoms with E-state index in [0.29, 0.717) is 12.0 Å². The van der Waals surface area contributed by atoms with Crippen LogP contribution >= 0.6 is 12.4 Å². The maximum atomic E-state index is 5.27. The maximum absolute atomic E-state index is 5.27. The summed E-state index contributed by atoms with van der Waals surface area (Å²) in [5, 5.41) is 3.27. The Morgan fingerprint density at radius 2 is 2.20 bits per heavy atom. The van der Waals surface area contributed by atoms with Gasteiger partial charge in [-0.1, -0.05) is 6.92 Å². The van der Waals surface area contributed by atoms with Crippen LogP contribution in [0.4, 0.5) is 0 Å². The molecule has 0 spiro atoms. The smallest absolute Gasteiger partial charge is 0.0506 e. The molecule has 0 bridgehead atoms. The van der Waals surface area contributed by atoms with Crippen LogP contribution in [0.2, 0.25) is 0 Å². The Bertz CT molecular complexity index is 89.7. The van der Waals surface area contributed by atoms with Crippen molar-refractivity contribution in [2.24, 2.45) is 5.92 Å². The molecule has 2 atom stereocenters. The minimum absolute atomic E-state index is 0. The molecule has 0 aromatic rings. The van der Waals surface area contributed by atoms with Gasteiger partial charge in [0, 0.05) is 12.6 Å². The zero-order valence-electron chi connectivity index (χ0n) is 6.59. The lowest BCUT2D eigenvalue weighted by atomic mass is 9.98. The summed E-state index contributed by atoms with van der Waals surface area (Å²) in [7, 11) is 2.02. The fraction of sp³-hybridized carbons (Fsp3) is 1.00. The highest BCUT2D eigenvalue weighted by atomic mass is 35.5. The van der Waals surface area contributed by atoms with Gasteiger partial charge in [0.1, 0.15) is 0 Å². The van der Waals surface area contributed by atoms with Gasteiger partial charge in [-0.15, -0.1) is 12.4 Å². The van der Waals surface area contributed by atoms with Gasteiger partial charge in [0.05, 0.1) is 6.61 Å². The van der Waals surface area contributed by atoms with Crippen LogP contribution in [0, 0.1) is 5.92 Å². The van der Waals surface area contributed by atoms with Crippen molar-refractivity contribution in [1.82, 2.24) is 5.32 Å². The van der Waals surface area contributed by atoms with E-state index in [1.807, 2.05) is 7.05 Å². The third-order valence-corrected chi connectivity index (χ3v) is 2.01. The summed E-state index contributed by atoms with van der Waals surface area (Å²) in [6.45, 7) is 4.07. The lowest BCUT2D eigenvalue weighted by Crippen LogP contribution is -2.39. The molecule has 0 aromatic carbocycles. The molecular weight excluding hydrogens is 150 g/mol. The van der Waals surface area contributed by atoms with Crippen molar-refractivity contribution in [3.63, 3.8) is 0 Å². The second kappa shape index (κ2) is 4.94. The van der Waals surface area contributed by atoms with Crippen molar-refractivity contribution < 1.29 is 4.74 Å². The fourth-order valence-corrected chi connectivity index (χ4v) is 1.31. The van der Waals surface area contributed by atoms with Crippen LogP contribution in [0.25, 0.3) is 0 Å². The Hall–Kier alpha value is 0.210. The summed E-state index contributed by atoms with van der Waals surface area (Å²) < 4.78 is 5.27. The van der Waals surface area contributed by atoms with Crippen LogP contribution in [-0.2, 0) is 4.74 Å². The molecule has 1 aliphatic rings. The first-order valence-corrected chi connectivity index (χ1v) is 3.59. The summed E-state index contributed by atoms with van der Waals surface area (Å²) in [6.07, 6.45) is 1.16. The van der Waals surface area contributed by atoms with Gasteiger partial charge in [-0.25, -0.2) is 0 Å². The number of nitrogens with one attached hydrogen (secondary N) is 1. The zero-order valence-corrected chi connectivity index (χ0v) is 7.41. The summed E-state index contributed by atoms with van der Waals surface area (Å²) in [5.74, 6) is 0.684. The minimum atomic E-state index is 0. The molecule has 1 fully saturated rings. The summed E-state index contributed by atoms with van der Waals surface area (Å²) >= 11 is 0. The maximum Gasteiger partial charge on any atom is 0.0506 e. The molecule has 2 unspecified atom stereocenters. The molecule has 0 saturated carbocycles. The Balaban J connectivity index is 0.000000810. The zero-order chi connectivity index (χ0) is 6.69. The molecule has 0 amide bonds. The van der Waals surface area contributed by atoms with E-state index in [1.54, 1.807) is 0 Å². The number of hydrogen-bond donors (Lipinski definition) is 1. The average Bonchev–Trinajstić information content (AvgIpc) is 1.89. The molecular formula is C7H16ClNO. The van der Waals surface area contributed by atoms with Gasteiger partial charge < -0.3 is 10.1 Å². The van der Waals surface area contributed by atoms with Crippen molar-refractivity contribution in [1.29, 1.82) is 0 Å². The van der Waals surface area contributed by atoms with Gasteiger partial charge in [-0.05, 0) is 19.4 Å². The molecule has 0 aromatic heterocycles. The lowest BCUT2D eigenvalue weighted by Gasteiger charge is -2.28. The van der Waals surface area contributed by atoms with Crippen LogP contribution in [-0.4, -0.2) is 26.3 Å². The predicted molar refractivity (Wildman–Crippen MR) is 44.7 cm³/mol. The van der Waals surface area contributed by atoms with Crippen molar-refractivity contribution in [2.75, 3.05) is 20.3 Å². The van der Waals surface area contributed by atoms with Gasteiger partial charge >= 0.3 is 0 Å². The first kappa shape index (κ1) is 10.2. The van der Waals surface area contributed by atoms with Crippen molar-refractivity contribution in [3.05, 3.63) is 0 Å². The highest BCUT2D eigenvalue weighted by Gasteiger charge is 2.19. The van der Waals surface area contributed by atoms with Gasteiger partial charge in [-0.2, -0.15) is 0 Å². The Morgan fingerprint density at radius 3 is 2.60 bits per heavy atom. The van der Waals surface area contributed by atoms with E-state index in [0.717, 1.165) is 19.6 Å². The van der Waals surface area contributed by atoms with E-state index in [2.05, 4.69) is 12.2 Å². The van der Waals surface area contributed by atoms with Crippen LogP contribution in [0.1, 0.15) is 13.3 Å². The van der Waals surface area contributed by atoms with E-state index < -0.39 is 0 Å². The first-order chi connectivity index (χ1) is 4.34. The molecule has 1 saturated heterocycles. The Labute approximate surface area is 68.7 Å². The van der Waals surface area contributed by atoms with Crippen molar-refractivity contribution >= 4 is 12.4 Å². The standard InChI is InChI=1S/C7H15NO.ClH/c1-6-5-9-4-3-7(6)8-2;/h6-8H,3-5H2,1-2H3;1H. The van der Waals surface area contributed by atoms with Crippen molar-refractivity contribution in [2.45, 2.75) is 19.4 Å². The monoisotopic (exact) mass is 165 g/mol.